The summed E-state index contributed by atoms with van der Waals surface area (Å²) >= 11 is 0. The van der Waals surface area contributed by atoms with Gasteiger partial charge >= 0.3 is 0 Å². The van der Waals surface area contributed by atoms with Crippen molar-refractivity contribution in [2.75, 3.05) is 0 Å². The minimum Gasteiger partial charge on any atom is -0.668 e. The Bertz CT molecular complexity index is 119. The first-order chi connectivity index (χ1) is 4.80. The fourth-order valence-electron chi connectivity index (χ4n) is 1.54. The molecule has 0 heterocycles. The molecule has 0 aliphatic heterocycles. The molecule has 0 aromatic rings. The van der Waals surface area contributed by atoms with E-state index in [4.69, 9.17) is 5.73 Å². The van der Waals surface area contributed by atoms with Crippen molar-refractivity contribution in [3.05, 3.63) is 5.73 Å². The van der Waals surface area contributed by atoms with Crippen LogP contribution in [0.2, 0.25) is 0 Å². The van der Waals surface area contributed by atoms with Gasteiger partial charge in [0, 0.05) is 27.6 Å². The molecule has 1 aliphatic rings. The van der Waals surface area contributed by atoms with Crippen LogP contribution in [0, 0.1) is 5.92 Å². The standard InChI is InChI=1S/C8H15NO.Ti/c9-8(10)7-5-3-1-2-4-6-7;/h7H,1-6H2,(H2,9,10);/p-1. The van der Waals surface area contributed by atoms with Crippen LogP contribution in [0.15, 0.2) is 0 Å². The SMILES string of the molecule is [NH-]C(=O)C1CCCCCC1.[Ti]. The molecule has 1 N–H and O–H groups in total. The number of amides is 1. The van der Waals surface area contributed by atoms with Gasteiger partial charge in [-0.05, 0) is 12.8 Å². The second-order valence-electron chi connectivity index (χ2n) is 3.05. The van der Waals surface area contributed by atoms with Crippen LogP contribution in [0.5, 0.6) is 0 Å². The molecule has 1 saturated carbocycles. The summed E-state index contributed by atoms with van der Waals surface area (Å²) in [6.07, 6.45) is 6.72. The van der Waals surface area contributed by atoms with E-state index < -0.39 is 0 Å². The second-order valence-corrected chi connectivity index (χ2v) is 3.05. The van der Waals surface area contributed by atoms with Crippen molar-refractivity contribution < 1.29 is 26.5 Å². The minimum atomic E-state index is -0.345. The van der Waals surface area contributed by atoms with Crippen molar-refractivity contribution in [2.24, 2.45) is 5.92 Å². The van der Waals surface area contributed by atoms with Gasteiger partial charge in [0.25, 0.3) is 0 Å². The molecular formula is C8H14NOTi-. The Morgan fingerprint density at radius 3 is 1.91 bits per heavy atom. The molecule has 0 radical (unpaired) electrons. The first-order valence-electron chi connectivity index (χ1n) is 4.06. The topological polar surface area (TPSA) is 40.9 Å². The third-order valence-corrected chi connectivity index (χ3v) is 2.23. The third-order valence-electron chi connectivity index (χ3n) is 2.23. The number of rotatable bonds is 1. The first-order valence-corrected chi connectivity index (χ1v) is 4.06. The summed E-state index contributed by atoms with van der Waals surface area (Å²) in [5.74, 6) is -0.274. The zero-order chi connectivity index (χ0) is 7.40. The van der Waals surface area contributed by atoms with Crippen LogP contribution in [0.1, 0.15) is 38.5 Å². The van der Waals surface area contributed by atoms with Gasteiger partial charge in [0.2, 0.25) is 0 Å². The van der Waals surface area contributed by atoms with E-state index in [0.29, 0.717) is 0 Å². The number of hydrogen-bond acceptors (Lipinski definition) is 1. The van der Waals surface area contributed by atoms with Crippen LogP contribution < -0.4 is 0 Å². The van der Waals surface area contributed by atoms with Gasteiger partial charge in [-0.2, -0.15) is 0 Å². The molecule has 0 aromatic carbocycles. The fraction of sp³-hybridized carbons (Fsp3) is 0.875. The van der Waals surface area contributed by atoms with E-state index in [-0.39, 0.29) is 33.5 Å². The molecule has 0 unspecified atom stereocenters. The summed E-state index contributed by atoms with van der Waals surface area (Å²) < 4.78 is 0. The molecule has 0 atom stereocenters. The average Bonchev–Trinajstić information content (AvgIpc) is 2.12. The predicted octanol–water partition coefficient (Wildman–Crippen LogP) is 2.53. The van der Waals surface area contributed by atoms with Gasteiger partial charge < -0.3 is 10.5 Å². The monoisotopic (exact) mass is 188 g/mol. The van der Waals surface area contributed by atoms with E-state index in [1.807, 2.05) is 0 Å². The quantitative estimate of drug-likeness (QED) is 0.460. The molecular weight excluding hydrogens is 174 g/mol. The molecule has 1 aliphatic carbocycles. The Balaban J connectivity index is 0.000001000. The van der Waals surface area contributed by atoms with Crippen molar-refractivity contribution in [2.45, 2.75) is 38.5 Å². The van der Waals surface area contributed by atoms with E-state index in [0.717, 1.165) is 25.7 Å². The van der Waals surface area contributed by atoms with E-state index in [1.165, 1.54) is 12.8 Å². The van der Waals surface area contributed by atoms with Gasteiger partial charge in [-0.1, -0.05) is 25.7 Å². The van der Waals surface area contributed by atoms with E-state index in [2.05, 4.69) is 0 Å². The van der Waals surface area contributed by atoms with Crippen LogP contribution in [-0.2, 0) is 26.5 Å². The minimum absolute atomic E-state index is 0. The van der Waals surface area contributed by atoms with E-state index in [1.54, 1.807) is 0 Å². The van der Waals surface area contributed by atoms with E-state index >= 15 is 0 Å². The zero-order valence-electron chi connectivity index (χ0n) is 6.73. The summed E-state index contributed by atoms with van der Waals surface area (Å²) in [6.45, 7) is 0. The Morgan fingerprint density at radius 1 is 1.09 bits per heavy atom. The first kappa shape index (κ1) is 11.2. The third kappa shape index (κ3) is 3.92. The summed E-state index contributed by atoms with van der Waals surface area (Å²) in [5.41, 5.74) is 6.93. The van der Waals surface area contributed by atoms with Crippen molar-refractivity contribution in [1.82, 2.24) is 0 Å². The van der Waals surface area contributed by atoms with Crippen molar-refractivity contribution in [3.8, 4) is 0 Å². The Morgan fingerprint density at radius 2 is 1.55 bits per heavy atom. The van der Waals surface area contributed by atoms with Gasteiger partial charge in [-0.15, -0.1) is 0 Å². The molecule has 3 heteroatoms. The summed E-state index contributed by atoms with van der Waals surface area (Å²) in [7, 11) is 0. The average molecular weight is 188 g/mol. The maximum atomic E-state index is 10.6. The molecule has 1 amide bonds. The number of hydrogen-bond donors (Lipinski definition) is 0. The summed E-state index contributed by atoms with van der Waals surface area (Å²) in [4.78, 5) is 10.6. The predicted molar refractivity (Wildman–Crippen MR) is 40.5 cm³/mol. The molecule has 0 aromatic heterocycles. The van der Waals surface area contributed by atoms with Crippen LogP contribution in [-0.4, -0.2) is 5.91 Å². The van der Waals surface area contributed by atoms with Crippen molar-refractivity contribution in [1.29, 1.82) is 0 Å². The van der Waals surface area contributed by atoms with Crippen molar-refractivity contribution in [3.63, 3.8) is 0 Å². The molecule has 11 heavy (non-hydrogen) atoms. The van der Waals surface area contributed by atoms with Gasteiger partial charge in [0.1, 0.15) is 0 Å². The molecule has 2 nitrogen and oxygen atoms in total. The maximum Gasteiger partial charge on any atom is 0.0519 e. The summed E-state index contributed by atoms with van der Waals surface area (Å²) in [6, 6.07) is 0. The van der Waals surface area contributed by atoms with Crippen LogP contribution in [0.3, 0.4) is 0 Å². The largest absolute Gasteiger partial charge is 0.668 e. The Kier molecular flexibility index (Phi) is 5.88. The Labute approximate surface area is 82.8 Å². The second kappa shape index (κ2) is 5.79. The van der Waals surface area contributed by atoms with Crippen LogP contribution in [0.4, 0.5) is 0 Å². The Hall–Kier alpha value is 0.184. The zero-order valence-corrected chi connectivity index (χ0v) is 8.29. The molecule has 0 saturated heterocycles. The number of carbonyl (C=O) groups excluding carboxylic acids is 1. The normalized spacial score (nSPS) is 20.0. The fourth-order valence-corrected chi connectivity index (χ4v) is 1.54. The molecule has 0 bridgehead atoms. The van der Waals surface area contributed by atoms with Gasteiger partial charge in [0.15, 0.2) is 0 Å². The molecule has 1 fully saturated rings. The molecule has 1 rings (SSSR count). The smallest absolute Gasteiger partial charge is 0.0519 e. The van der Waals surface area contributed by atoms with Gasteiger partial charge in [-0.25, -0.2) is 0 Å². The maximum absolute atomic E-state index is 10.6. The van der Waals surface area contributed by atoms with E-state index in [9.17, 15) is 4.79 Å². The van der Waals surface area contributed by atoms with Crippen LogP contribution >= 0.6 is 0 Å². The molecule has 62 valence electrons. The number of carbonyl (C=O) groups is 1. The molecule has 0 spiro atoms. The van der Waals surface area contributed by atoms with Gasteiger partial charge in [-0.3, -0.25) is 0 Å². The number of nitrogens with one attached hydrogen (secondary N) is 1. The van der Waals surface area contributed by atoms with Crippen molar-refractivity contribution >= 4 is 5.91 Å². The van der Waals surface area contributed by atoms with Crippen LogP contribution in [0.25, 0.3) is 5.73 Å². The summed E-state index contributed by atoms with van der Waals surface area (Å²) in [5, 5.41) is 0. The van der Waals surface area contributed by atoms with Gasteiger partial charge in [0.05, 0.1) is 5.91 Å².